The smallest absolute Gasteiger partial charge is 0.315 e. The van der Waals surface area contributed by atoms with Gasteiger partial charge in [-0.05, 0) is 25.3 Å². The highest BCUT2D eigenvalue weighted by Gasteiger charge is 2.49. The number of aromatic nitrogens is 2. The molecule has 6 nitrogen and oxygen atoms in total. The highest BCUT2D eigenvalue weighted by Crippen LogP contribution is 2.54. The minimum absolute atomic E-state index is 0.218. The van der Waals surface area contributed by atoms with Crippen molar-refractivity contribution in [1.82, 2.24) is 20.4 Å². The van der Waals surface area contributed by atoms with Gasteiger partial charge in [0.15, 0.2) is 0 Å². The minimum Gasteiger partial charge on any atom is -0.388 e. The summed E-state index contributed by atoms with van der Waals surface area (Å²) in [6.45, 7) is 2.89. The van der Waals surface area contributed by atoms with Gasteiger partial charge in [0.1, 0.15) is 0 Å². The van der Waals surface area contributed by atoms with Crippen molar-refractivity contribution in [2.75, 3.05) is 6.54 Å². The molecule has 0 bridgehead atoms. The molecule has 1 fully saturated rings. The van der Waals surface area contributed by atoms with Crippen LogP contribution < -0.4 is 10.6 Å². The molecule has 1 aliphatic rings. The third-order valence-electron chi connectivity index (χ3n) is 4.96. The molecule has 2 aromatic rings. The summed E-state index contributed by atoms with van der Waals surface area (Å²) in [5.41, 5.74) is 2.71. The Kier molecular flexibility index (Phi) is 4.57. The second-order valence-electron chi connectivity index (χ2n) is 6.59. The molecule has 128 valence electrons. The van der Waals surface area contributed by atoms with Gasteiger partial charge in [-0.25, -0.2) is 4.79 Å². The molecule has 1 saturated carbocycles. The predicted molar refractivity (Wildman–Crippen MR) is 91.3 cm³/mol. The van der Waals surface area contributed by atoms with E-state index in [2.05, 4.69) is 15.7 Å². The minimum atomic E-state index is -0.542. The van der Waals surface area contributed by atoms with Gasteiger partial charge >= 0.3 is 6.03 Å². The van der Waals surface area contributed by atoms with Crippen LogP contribution in [-0.2, 0) is 13.6 Å². The lowest BCUT2D eigenvalue weighted by Crippen LogP contribution is -2.39. The molecule has 2 amide bonds. The summed E-state index contributed by atoms with van der Waals surface area (Å²) in [7, 11) is 1.88. The average molecular weight is 328 g/mol. The maximum atomic E-state index is 12.0. The Morgan fingerprint density at radius 1 is 1.33 bits per heavy atom. The largest absolute Gasteiger partial charge is 0.388 e. The van der Waals surface area contributed by atoms with Gasteiger partial charge in [0, 0.05) is 36.8 Å². The van der Waals surface area contributed by atoms with E-state index in [0.717, 1.165) is 29.7 Å². The van der Waals surface area contributed by atoms with Crippen LogP contribution in [0.25, 0.3) is 0 Å². The third-order valence-corrected chi connectivity index (χ3v) is 4.96. The first-order chi connectivity index (χ1) is 11.5. The van der Waals surface area contributed by atoms with Crippen molar-refractivity contribution in [3.8, 4) is 0 Å². The summed E-state index contributed by atoms with van der Waals surface area (Å²) in [4.78, 5) is 12.0. The molecule has 0 spiro atoms. The molecular formula is C18H24N4O2. The van der Waals surface area contributed by atoms with E-state index < -0.39 is 6.10 Å². The van der Waals surface area contributed by atoms with E-state index >= 15 is 0 Å². The van der Waals surface area contributed by atoms with Crippen LogP contribution in [0.4, 0.5) is 4.79 Å². The standard InChI is InChI=1S/C18H24N4O2/c1-13-15(11-21-22(13)2)10-19-17(24)20-12-18(8-9-18)16(23)14-6-4-3-5-7-14/h3-7,11,16,23H,8-10,12H2,1-2H3,(H2,19,20,24). The fraction of sp³-hybridized carbons (Fsp3) is 0.444. The first-order valence-electron chi connectivity index (χ1n) is 8.24. The van der Waals surface area contributed by atoms with E-state index in [9.17, 15) is 9.90 Å². The van der Waals surface area contributed by atoms with Gasteiger partial charge < -0.3 is 15.7 Å². The first kappa shape index (κ1) is 16.5. The Labute approximate surface area is 141 Å². The Bertz CT molecular complexity index is 707. The highest BCUT2D eigenvalue weighted by atomic mass is 16.3. The molecule has 1 aromatic carbocycles. The van der Waals surface area contributed by atoms with E-state index in [1.807, 2.05) is 44.3 Å². The number of aliphatic hydroxyl groups excluding tert-OH is 1. The van der Waals surface area contributed by atoms with Crippen LogP contribution in [0, 0.1) is 12.3 Å². The van der Waals surface area contributed by atoms with Crippen LogP contribution in [-0.4, -0.2) is 27.5 Å². The van der Waals surface area contributed by atoms with Gasteiger partial charge in [-0.15, -0.1) is 0 Å². The van der Waals surface area contributed by atoms with E-state index in [0.29, 0.717) is 13.1 Å². The number of aliphatic hydroxyl groups is 1. The number of nitrogens with zero attached hydrogens (tertiary/aromatic N) is 2. The number of urea groups is 1. The zero-order chi connectivity index (χ0) is 17.2. The molecule has 0 aliphatic heterocycles. The number of carbonyl (C=O) groups is 1. The van der Waals surface area contributed by atoms with E-state index in [4.69, 9.17) is 0 Å². The van der Waals surface area contributed by atoms with Crippen molar-refractivity contribution in [3.63, 3.8) is 0 Å². The molecule has 1 heterocycles. The van der Waals surface area contributed by atoms with Gasteiger partial charge in [-0.1, -0.05) is 30.3 Å². The van der Waals surface area contributed by atoms with Crippen molar-refractivity contribution in [3.05, 3.63) is 53.3 Å². The lowest BCUT2D eigenvalue weighted by molar-refractivity contribution is 0.0932. The van der Waals surface area contributed by atoms with Gasteiger partial charge in [0.25, 0.3) is 0 Å². The topological polar surface area (TPSA) is 79.2 Å². The van der Waals surface area contributed by atoms with Crippen LogP contribution in [0.15, 0.2) is 36.5 Å². The second kappa shape index (κ2) is 6.65. The van der Waals surface area contributed by atoms with Gasteiger partial charge in [-0.2, -0.15) is 5.10 Å². The lowest BCUT2D eigenvalue weighted by atomic mass is 9.93. The molecule has 3 rings (SSSR count). The number of hydrogen-bond donors (Lipinski definition) is 3. The molecule has 24 heavy (non-hydrogen) atoms. The fourth-order valence-electron chi connectivity index (χ4n) is 2.91. The monoisotopic (exact) mass is 328 g/mol. The number of hydrogen-bond acceptors (Lipinski definition) is 3. The zero-order valence-electron chi connectivity index (χ0n) is 14.1. The number of benzene rings is 1. The van der Waals surface area contributed by atoms with Crippen molar-refractivity contribution in [1.29, 1.82) is 0 Å². The summed E-state index contributed by atoms with van der Waals surface area (Å²) in [6, 6.07) is 9.41. The van der Waals surface area contributed by atoms with E-state index in [1.165, 1.54) is 0 Å². The fourth-order valence-corrected chi connectivity index (χ4v) is 2.91. The maximum absolute atomic E-state index is 12.0. The molecule has 3 N–H and O–H groups in total. The number of carbonyl (C=O) groups excluding carboxylic acids is 1. The predicted octanol–water partition coefficient (Wildman–Crippen LogP) is 2.04. The summed E-state index contributed by atoms with van der Waals surface area (Å²) < 4.78 is 1.78. The first-order valence-corrected chi connectivity index (χ1v) is 8.24. The quantitative estimate of drug-likeness (QED) is 0.759. The molecule has 0 radical (unpaired) electrons. The Hall–Kier alpha value is -2.34. The maximum Gasteiger partial charge on any atom is 0.315 e. The van der Waals surface area contributed by atoms with Crippen molar-refractivity contribution in [2.45, 2.75) is 32.4 Å². The Morgan fingerprint density at radius 2 is 2.04 bits per heavy atom. The summed E-state index contributed by atoms with van der Waals surface area (Å²) in [5.74, 6) is 0. The van der Waals surface area contributed by atoms with Crippen LogP contribution >= 0.6 is 0 Å². The number of nitrogens with one attached hydrogen (secondary N) is 2. The van der Waals surface area contributed by atoms with Crippen LogP contribution in [0.1, 0.15) is 35.8 Å². The van der Waals surface area contributed by atoms with E-state index in [1.54, 1.807) is 10.9 Å². The molecule has 6 heteroatoms. The summed E-state index contributed by atoms with van der Waals surface area (Å²) in [6.07, 6.45) is 3.06. The summed E-state index contributed by atoms with van der Waals surface area (Å²) in [5, 5.41) is 20.5. The van der Waals surface area contributed by atoms with E-state index in [-0.39, 0.29) is 11.4 Å². The SMILES string of the molecule is Cc1c(CNC(=O)NCC2(C(O)c3ccccc3)CC2)cnn1C. The Morgan fingerprint density at radius 3 is 2.62 bits per heavy atom. The van der Waals surface area contributed by atoms with Crippen LogP contribution in [0.5, 0.6) is 0 Å². The van der Waals surface area contributed by atoms with Crippen molar-refractivity contribution in [2.24, 2.45) is 12.5 Å². The number of amides is 2. The molecule has 1 aromatic heterocycles. The van der Waals surface area contributed by atoms with Crippen LogP contribution in [0.3, 0.4) is 0 Å². The molecule has 1 aliphatic carbocycles. The van der Waals surface area contributed by atoms with Crippen molar-refractivity contribution < 1.29 is 9.90 Å². The average Bonchev–Trinajstić information content (AvgIpc) is 3.34. The molecular weight excluding hydrogens is 304 g/mol. The molecule has 1 unspecified atom stereocenters. The highest BCUT2D eigenvalue weighted by molar-refractivity contribution is 5.74. The second-order valence-corrected chi connectivity index (χ2v) is 6.59. The number of rotatable bonds is 6. The van der Waals surface area contributed by atoms with Crippen LogP contribution in [0.2, 0.25) is 0 Å². The normalized spacial score (nSPS) is 16.5. The van der Waals surface area contributed by atoms with Gasteiger partial charge in [0.05, 0.1) is 12.3 Å². The van der Waals surface area contributed by atoms with Crippen molar-refractivity contribution >= 4 is 6.03 Å². The third kappa shape index (κ3) is 3.43. The molecule has 0 saturated heterocycles. The lowest BCUT2D eigenvalue weighted by Gasteiger charge is -2.23. The Balaban J connectivity index is 1.50. The van der Waals surface area contributed by atoms with Gasteiger partial charge in [0.2, 0.25) is 0 Å². The number of aryl methyl sites for hydroxylation is 1. The zero-order valence-corrected chi connectivity index (χ0v) is 14.1. The molecule has 1 atom stereocenters. The van der Waals surface area contributed by atoms with Gasteiger partial charge in [-0.3, -0.25) is 4.68 Å². The summed E-state index contributed by atoms with van der Waals surface area (Å²) >= 11 is 0.